The third kappa shape index (κ3) is 5.31. The zero-order valence-corrected chi connectivity index (χ0v) is 21.9. The number of rotatable bonds is 9. The van der Waals surface area contributed by atoms with Crippen LogP contribution in [0.4, 0.5) is 11.6 Å². The van der Waals surface area contributed by atoms with E-state index in [9.17, 15) is 4.79 Å². The Kier molecular flexibility index (Phi) is 7.95. The van der Waals surface area contributed by atoms with Crippen LogP contribution in [0.5, 0.6) is 5.75 Å². The summed E-state index contributed by atoms with van der Waals surface area (Å²) in [6.07, 6.45) is 1.90. The van der Waals surface area contributed by atoms with E-state index in [2.05, 4.69) is 40.4 Å². The van der Waals surface area contributed by atoms with Gasteiger partial charge in [0.2, 0.25) is 11.1 Å². The summed E-state index contributed by atoms with van der Waals surface area (Å²) in [4.78, 5) is 18.3. The fourth-order valence-corrected chi connectivity index (χ4v) is 4.83. The summed E-state index contributed by atoms with van der Waals surface area (Å²) in [6, 6.07) is 14.8. The first kappa shape index (κ1) is 24.3. The molecule has 2 aromatic carbocycles. The van der Waals surface area contributed by atoms with Crippen molar-refractivity contribution in [2.24, 2.45) is 0 Å². The largest absolute Gasteiger partial charge is 0.493 e. The summed E-state index contributed by atoms with van der Waals surface area (Å²) in [6.45, 7) is 6.67. The fourth-order valence-electron chi connectivity index (χ4n) is 3.76. The Morgan fingerprint density at radius 2 is 2.00 bits per heavy atom. The Labute approximate surface area is 212 Å². The molecule has 1 amide bonds. The molecule has 0 radical (unpaired) electrons. The average Bonchev–Trinajstić information content (AvgIpc) is 3.23. The number of thioether (sulfide) groups is 1. The minimum absolute atomic E-state index is 0.202. The van der Waals surface area contributed by atoms with Gasteiger partial charge in [-0.3, -0.25) is 4.79 Å². The molecular weight excluding hydrogens is 514 g/mol. The van der Waals surface area contributed by atoms with Crippen molar-refractivity contribution in [1.29, 1.82) is 0 Å². The maximum Gasteiger partial charge on any atom is 0.255 e. The molecule has 7 nitrogen and oxygen atoms in total. The van der Waals surface area contributed by atoms with Crippen molar-refractivity contribution in [3.8, 4) is 5.75 Å². The summed E-state index contributed by atoms with van der Waals surface area (Å²) in [5.74, 6) is 2.05. The molecule has 0 bridgehead atoms. The van der Waals surface area contributed by atoms with Crippen molar-refractivity contribution in [3.05, 3.63) is 69.8 Å². The highest BCUT2D eigenvalue weighted by atomic mass is 79.9. The van der Waals surface area contributed by atoms with Crippen LogP contribution in [0.3, 0.4) is 0 Å². The van der Waals surface area contributed by atoms with E-state index in [4.69, 9.17) is 14.8 Å². The molecule has 0 saturated heterocycles. The van der Waals surface area contributed by atoms with Gasteiger partial charge in [-0.15, -0.1) is 5.10 Å². The molecule has 0 aliphatic carbocycles. The summed E-state index contributed by atoms with van der Waals surface area (Å²) in [7, 11) is 0. The standard InChI is InChI=1S/C25H28BrN5O2S/c1-4-13-33-20-12-11-17(26)15-19(20)22-21(23(32)28-18-9-7-6-8-10-18)16(3)27-24-29-25(30-31(22)24)34-14-5-2/h6-12,15,22H,4-5,13-14H2,1-3H3,(H,28,32)(H,27,29,30). The predicted octanol–water partition coefficient (Wildman–Crippen LogP) is 6.26. The number of carbonyl (C=O) groups is 1. The molecule has 0 saturated carbocycles. The third-order valence-electron chi connectivity index (χ3n) is 5.27. The van der Waals surface area contributed by atoms with Gasteiger partial charge in [0.05, 0.1) is 12.2 Å². The number of nitrogens with one attached hydrogen (secondary N) is 2. The van der Waals surface area contributed by atoms with Gasteiger partial charge in [-0.25, -0.2) is 4.68 Å². The Morgan fingerprint density at radius 3 is 2.74 bits per heavy atom. The van der Waals surface area contributed by atoms with Crippen molar-refractivity contribution in [2.45, 2.75) is 44.8 Å². The van der Waals surface area contributed by atoms with Crippen molar-refractivity contribution in [2.75, 3.05) is 23.0 Å². The number of amides is 1. The van der Waals surface area contributed by atoms with E-state index < -0.39 is 6.04 Å². The Bertz CT molecular complexity index is 1200. The number of anilines is 2. The van der Waals surface area contributed by atoms with Gasteiger partial charge in [0.1, 0.15) is 11.8 Å². The normalized spacial score (nSPS) is 15.0. The molecule has 2 N–H and O–H groups in total. The van der Waals surface area contributed by atoms with Crippen LogP contribution in [0, 0.1) is 0 Å². The van der Waals surface area contributed by atoms with Gasteiger partial charge in [-0.1, -0.05) is 59.7 Å². The molecule has 1 atom stereocenters. The average molecular weight is 543 g/mol. The van der Waals surface area contributed by atoms with E-state index in [0.717, 1.165) is 45.8 Å². The highest BCUT2D eigenvalue weighted by molar-refractivity contribution is 9.10. The molecule has 178 valence electrons. The second kappa shape index (κ2) is 11.1. The number of hydrogen-bond acceptors (Lipinski definition) is 6. The second-order valence-corrected chi connectivity index (χ2v) is 9.91. The second-order valence-electron chi connectivity index (χ2n) is 7.93. The summed E-state index contributed by atoms with van der Waals surface area (Å²) in [5, 5.41) is 11.8. The molecule has 2 heterocycles. The number of fused-ring (bicyclic) bond motifs is 1. The third-order valence-corrected chi connectivity index (χ3v) is 6.81. The van der Waals surface area contributed by atoms with Crippen molar-refractivity contribution in [3.63, 3.8) is 0 Å². The summed E-state index contributed by atoms with van der Waals surface area (Å²) in [5.41, 5.74) is 2.87. The number of carbonyl (C=O) groups excluding carboxylic acids is 1. The molecule has 0 fully saturated rings. The molecule has 0 spiro atoms. The Balaban J connectivity index is 1.82. The summed E-state index contributed by atoms with van der Waals surface area (Å²) >= 11 is 5.20. The number of halogens is 1. The molecule has 1 aliphatic rings. The van der Waals surface area contributed by atoms with E-state index >= 15 is 0 Å². The van der Waals surface area contributed by atoms with Crippen molar-refractivity contribution < 1.29 is 9.53 Å². The smallest absolute Gasteiger partial charge is 0.255 e. The molecule has 34 heavy (non-hydrogen) atoms. The van der Waals surface area contributed by atoms with Gasteiger partial charge >= 0.3 is 0 Å². The molecular formula is C25H28BrN5O2S. The number of aromatic nitrogens is 3. The monoisotopic (exact) mass is 541 g/mol. The van der Waals surface area contributed by atoms with Crippen LogP contribution in [0.1, 0.15) is 45.2 Å². The van der Waals surface area contributed by atoms with Crippen LogP contribution < -0.4 is 15.4 Å². The molecule has 4 rings (SSSR count). The number of benzene rings is 2. The minimum atomic E-state index is -0.507. The van der Waals surface area contributed by atoms with E-state index in [1.165, 1.54) is 0 Å². The Hall–Kier alpha value is -2.78. The maximum atomic E-state index is 13.6. The molecule has 1 aliphatic heterocycles. The number of nitrogens with zero attached hydrogens (tertiary/aromatic N) is 3. The minimum Gasteiger partial charge on any atom is -0.493 e. The first-order chi connectivity index (χ1) is 16.5. The van der Waals surface area contributed by atoms with E-state index in [1.54, 1.807) is 16.4 Å². The number of ether oxygens (including phenoxy) is 1. The Morgan fingerprint density at radius 1 is 1.21 bits per heavy atom. The lowest BCUT2D eigenvalue weighted by atomic mass is 9.94. The van der Waals surface area contributed by atoms with Crippen LogP contribution in [0.25, 0.3) is 0 Å². The van der Waals surface area contributed by atoms with Gasteiger partial charge in [-0.05, 0) is 50.1 Å². The van der Waals surface area contributed by atoms with Crippen LogP contribution >= 0.6 is 27.7 Å². The van der Waals surface area contributed by atoms with Gasteiger partial charge in [0.25, 0.3) is 5.91 Å². The quantitative estimate of drug-likeness (QED) is 0.311. The van der Waals surface area contributed by atoms with Crippen LogP contribution in [0.15, 0.2) is 69.4 Å². The van der Waals surface area contributed by atoms with Crippen LogP contribution in [-0.4, -0.2) is 33.0 Å². The highest BCUT2D eigenvalue weighted by Gasteiger charge is 2.36. The molecule has 3 aromatic rings. The molecule has 9 heteroatoms. The van der Waals surface area contributed by atoms with Gasteiger partial charge < -0.3 is 15.4 Å². The van der Waals surface area contributed by atoms with E-state index in [0.29, 0.717) is 23.3 Å². The first-order valence-corrected chi connectivity index (χ1v) is 13.2. The predicted molar refractivity (Wildman–Crippen MR) is 140 cm³/mol. The van der Waals surface area contributed by atoms with Crippen molar-refractivity contribution >= 4 is 45.2 Å². The highest BCUT2D eigenvalue weighted by Crippen LogP contribution is 2.41. The number of hydrogen-bond donors (Lipinski definition) is 2. The van der Waals surface area contributed by atoms with Crippen LogP contribution in [-0.2, 0) is 4.79 Å². The van der Waals surface area contributed by atoms with Gasteiger partial charge in [0, 0.05) is 27.2 Å². The lowest BCUT2D eigenvalue weighted by Gasteiger charge is -2.30. The molecule has 1 unspecified atom stereocenters. The van der Waals surface area contributed by atoms with Gasteiger partial charge in [-0.2, -0.15) is 4.98 Å². The van der Waals surface area contributed by atoms with Crippen molar-refractivity contribution in [1.82, 2.24) is 14.8 Å². The van der Waals surface area contributed by atoms with E-state index in [-0.39, 0.29) is 5.91 Å². The molecule has 1 aromatic heterocycles. The lowest BCUT2D eigenvalue weighted by Crippen LogP contribution is -2.31. The SMILES string of the molecule is CCCOc1ccc(Br)cc1C1C(C(=O)Nc2ccccc2)=C(C)Nc2nc(SCCC)nn21. The summed E-state index contributed by atoms with van der Waals surface area (Å²) < 4.78 is 8.79. The fraction of sp³-hybridized carbons (Fsp3) is 0.320. The lowest BCUT2D eigenvalue weighted by molar-refractivity contribution is -0.113. The zero-order chi connectivity index (χ0) is 24.1. The zero-order valence-electron chi connectivity index (χ0n) is 19.5. The topological polar surface area (TPSA) is 81.1 Å². The van der Waals surface area contributed by atoms with E-state index in [1.807, 2.05) is 55.5 Å². The number of para-hydroxylation sites is 1. The van der Waals surface area contributed by atoms with Gasteiger partial charge in [0.15, 0.2) is 0 Å². The van der Waals surface area contributed by atoms with Crippen LogP contribution in [0.2, 0.25) is 0 Å². The first-order valence-electron chi connectivity index (χ1n) is 11.4. The number of allylic oxidation sites excluding steroid dienone is 1. The maximum absolute atomic E-state index is 13.6.